The maximum atomic E-state index is 14.5. The highest BCUT2D eigenvalue weighted by atomic mass is 16.2. The summed E-state index contributed by atoms with van der Waals surface area (Å²) in [6, 6.07) is 8.28. The number of aldehydes is 1. The summed E-state index contributed by atoms with van der Waals surface area (Å²) in [6.07, 6.45) is 8.91. The molecule has 1 aromatic rings. The molecule has 6 N–H and O–H groups in total. The maximum Gasteiger partial charge on any atom is 0.245 e. The number of Topliss-reactive ketones (excluding diaryl/α,β-unsaturated/α-hetero) is 1. The van der Waals surface area contributed by atoms with E-state index in [9.17, 15) is 19.2 Å². The number of likely N-dealkylation sites (tertiary alicyclic amines) is 1. The van der Waals surface area contributed by atoms with E-state index in [1.54, 1.807) is 11.9 Å². The first-order valence-electron chi connectivity index (χ1n) is 14.2. The lowest BCUT2D eigenvalue weighted by Crippen LogP contribution is -2.64. The normalized spacial score (nSPS) is 21.3. The van der Waals surface area contributed by atoms with Crippen LogP contribution < -0.4 is 22.1 Å². The van der Waals surface area contributed by atoms with Gasteiger partial charge in [-0.15, -0.1) is 0 Å². The Morgan fingerprint density at radius 3 is 2.37 bits per heavy atom. The fourth-order valence-electron chi connectivity index (χ4n) is 6.44. The molecule has 1 aliphatic heterocycles. The fraction of sp³-hybridized carbons (Fsp3) is 0.655. The fourth-order valence-corrected chi connectivity index (χ4v) is 6.44. The van der Waals surface area contributed by atoms with E-state index in [-0.39, 0.29) is 30.1 Å². The van der Waals surface area contributed by atoms with Gasteiger partial charge >= 0.3 is 0 Å². The molecule has 1 saturated heterocycles. The van der Waals surface area contributed by atoms with Crippen LogP contribution in [-0.4, -0.2) is 73.1 Å². The molecule has 2 aliphatic rings. The Balaban J connectivity index is 1.95. The average Bonchev–Trinajstić information content (AvgIpc) is 3.45. The molecule has 0 aromatic heterocycles. The molecule has 1 heterocycles. The van der Waals surface area contributed by atoms with E-state index in [0.717, 1.165) is 50.4 Å². The number of nitrogens with zero attached hydrogens (tertiary/aromatic N) is 1. The zero-order valence-corrected chi connectivity index (χ0v) is 22.7. The van der Waals surface area contributed by atoms with E-state index < -0.39 is 23.5 Å². The van der Waals surface area contributed by atoms with Crippen LogP contribution >= 0.6 is 0 Å². The van der Waals surface area contributed by atoms with Gasteiger partial charge in [0.15, 0.2) is 5.78 Å². The van der Waals surface area contributed by atoms with Crippen molar-refractivity contribution in [2.45, 2.75) is 87.7 Å². The lowest BCUT2D eigenvalue weighted by atomic mass is 9.65. The molecule has 9 heteroatoms. The minimum atomic E-state index is -1.47. The molecule has 9 nitrogen and oxygen atoms in total. The van der Waals surface area contributed by atoms with Crippen molar-refractivity contribution in [2.24, 2.45) is 17.4 Å². The second kappa shape index (κ2) is 14.5. The van der Waals surface area contributed by atoms with Gasteiger partial charge in [0, 0.05) is 12.5 Å². The molecule has 3 rings (SSSR count). The summed E-state index contributed by atoms with van der Waals surface area (Å²) in [4.78, 5) is 54.9. The quantitative estimate of drug-likeness (QED) is 0.163. The number of nitrogens with one attached hydrogen (secondary N) is 2. The molecule has 1 saturated carbocycles. The van der Waals surface area contributed by atoms with Crippen molar-refractivity contribution in [3.05, 3.63) is 35.9 Å². The smallest absolute Gasteiger partial charge is 0.245 e. The molecule has 1 aromatic carbocycles. The van der Waals surface area contributed by atoms with Crippen LogP contribution in [0.4, 0.5) is 0 Å². The Hall–Kier alpha value is -2.62. The van der Waals surface area contributed by atoms with Crippen LogP contribution in [0, 0.1) is 5.92 Å². The summed E-state index contributed by atoms with van der Waals surface area (Å²) in [5.74, 6) is -1.16. The number of likely N-dealkylation sites (N-methyl/N-ethyl adjacent to an activating group) is 1. The Labute approximate surface area is 226 Å². The molecular formula is C29H45N5O4. The Kier molecular flexibility index (Phi) is 11.4. The summed E-state index contributed by atoms with van der Waals surface area (Å²) >= 11 is 0. The third-order valence-corrected chi connectivity index (χ3v) is 8.38. The van der Waals surface area contributed by atoms with Gasteiger partial charge in [0.2, 0.25) is 11.8 Å². The summed E-state index contributed by atoms with van der Waals surface area (Å²) in [7, 11) is 1.67. The van der Waals surface area contributed by atoms with Crippen LogP contribution in [-0.2, 0) is 19.2 Å². The van der Waals surface area contributed by atoms with Crippen LogP contribution in [0.1, 0.15) is 75.7 Å². The number of unbranched alkanes of at least 4 members (excludes halogenated alkanes) is 1. The van der Waals surface area contributed by atoms with Gasteiger partial charge < -0.3 is 31.8 Å². The summed E-state index contributed by atoms with van der Waals surface area (Å²) < 4.78 is 0. The van der Waals surface area contributed by atoms with Crippen molar-refractivity contribution in [2.75, 3.05) is 26.7 Å². The predicted molar refractivity (Wildman–Crippen MR) is 147 cm³/mol. The second-order valence-corrected chi connectivity index (χ2v) is 10.7. The lowest BCUT2D eigenvalue weighted by molar-refractivity contribution is -0.145. The highest BCUT2D eigenvalue weighted by Crippen LogP contribution is 2.43. The Morgan fingerprint density at radius 2 is 1.76 bits per heavy atom. The third-order valence-electron chi connectivity index (χ3n) is 8.38. The first-order chi connectivity index (χ1) is 18.4. The van der Waals surface area contributed by atoms with Crippen molar-refractivity contribution in [1.82, 2.24) is 15.5 Å². The Morgan fingerprint density at radius 1 is 1.05 bits per heavy atom. The minimum Gasteiger partial charge on any atom is -0.343 e. The SMILES string of the molecule is CN[C@](C=O)(C(=O)[C@@H]1CCCN1C(=O)[C@H](CCCCN)NC(=O)CN)C(c1ccccc1)C1CCCCC1. The number of carbonyl (C=O) groups excluding carboxylic acids is 4. The highest BCUT2D eigenvalue weighted by molar-refractivity contribution is 6.08. The number of hydrogen-bond acceptors (Lipinski definition) is 7. The van der Waals surface area contributed by atoms with Crippen molar-refractivity contribution in [3.8, 4) is 0 Å². The van der Waals surface area contributed by atoms with Gasteiger partial charge in [-0.3, -0.25) is 14.4 Å². The predicted octanol–water partition coefficient (Wildman–Crippen LogP) is 1.64. The summed E-state index contributed by atoms with van der Waals surface area (Å²) in [5, 5.41) is 5.89. The van der Waals surface area contributed by atoms with Crippen LogP contribution in [0.3, 0.4) is 0 Å². The van der Waals surface area contributed by atoms with E-state index in [1.165, 1.54) is 0 Å². The Bertz CT molecular complexity index is 936. The molecule has 2 fully saturated rings. The van der Waals surface area contributed by atoms with Crippen molar-refractivity contribution in [3.63, 3.8) is 0 Å². The zero-order valence-electron chi connectivity index (χ0n) is 22.7. The van der Waals surface area contributed by atoms with Gasteiger partial charge in [0.05, 0.1) is 12.6 Å². The lowest BCUT2D eigenvalue weighted by Gasteiger charge is -2.43. The van der Waals surface area contributed by atoms with Crippen LogP contribution in [0.2, 0.25) is 0 Å². The molecule has 4 atom stereocenters. The molecule has 1 aliphatic carbocycles. The van der Waals surface area contributed by atoms with Gasteiger partial charge in [0.25, 0.3) is 0 Å². The van der Waals surface area contributed by atoms with Crippen LogP contribution in [0.15, 0.2) is 30.3 Å². The highest BCUT2D eigenvalue weighted by Gasteiger charge is 2.53. The molecule has 1 unspecified atom stereocenters. The first-order valence-corrected chi connectivity index (χ1v) is 14.2. The number of carbonyl (C=O) groups is 4. The average molecular weight is 528 g/mol. The van der Waals surface area contributed by atoms with Gasteiger partial charge in [0.1, 0.15) is 17.9 Å². The maximum absolute atomic E-state index is 14.5. The van der Waals surface area contributed by atoms with E-state index >= 15 is 0 Å². The number of nitrogens with two attached hydrogens (primary N) is 2. The topological polar surface area (TPSA) is 148 Å². The second-order valence-electron chi connectivity index (χ2n) is 10.7. The first kappa shape index (κ1) is 29.9. The van der Waals surface area contributed by atoms with Gasteiger partial charge in [-0.25, -0.2) is 0 Å². The van der Waals surface area contributed by atoms with E-state index in [2.05, 4.69) is 10.6 Å². The van der Waals surface area contributed by atoms with Gasteiger partial charge in [-0.05, 0) is 70.0 Å². The molecule has 0 bridgehead atoms. The number of hydrogen-bond donors (Lipinski definition) is 4. The molecule has 38 heavy (non-hydrogen) atoms. The molecule has 2 amide bonds. The standard InChI is InChI=1S/C29H45N5O4/c1-32-29(20-35,26(21-11-4-2-5-12-21)22-13-6-3-7-14-22)27(37)24-16-10-18-34(24)28(38)23(15-8-9-17-30)33-25(36)19-31/h2,4-5,11-12,20,22-24,26,32H,3,6-10,13-19,30-31H2,1H3,(H,33,36)/t23-,24-,26?,29-/m0/s1. The summed E-state index contributed by atoms with van der Waals surface area (Å²) in [5.41, 5.74) is 10.6. The number of rotatable bonds is 14. The van der Waals surface area contributed by atoms with E-state index in [4.69, 9.17) is 11.5 Å². The third kappa shape index (κ3) is 6.68. The number of amides is 2. The minimum absolute atomic E-state index is 0.172. The summed E-state index contributed by atoms with van der Waals surface area (Å²) in [6.45, 7) is 0.666. The molecule has 0 radical (unpaired) electrons. The zero-order chi connectivity index (χ0) is 27.5. The molecular weight excluding hydrogens is 482 g/mol. The van der Waals surface area contributed by atoms with Crippen LogP contribution in [0.5, 0.6) is 0 Å². The molecule has 210 valence electrons. The largest absolute Gasteiger partial charge is 0.343 e. The van der Waals surface area contributed by atoms with Gasteiger partial charge in [-0.1, -0.05) is 49.6 Å². The van der Waals surface area contributed by atoms with Crippen molar-refractivity contribution in [1.29, 1.82) is 0 Å². The van der Waals surface area contributed by atoms with E-state index in [0.29, 0.717) is 38.8 Å². The van der Waals surface area contributed by atoms with Crippen LogP contribution in [0.25, 0.3) is 0 Å². The van der Waals surface area contributed by atoms with Crippen molar-refractivity contribution < 1.29 is 19.2 Å². The monoisotopic (exact) mass is 527 g/mol. The van der Waals surface area contributed by atoms with Crippen molar-refractivity contribution >= 4 is 23.9 Å². The molecule has 0 spiro atoms. The number of benzene rings is 1. The van der Waals surface area contributed by atoms with E-state index in [1.807, 2.05) is 30.3 Å². The van der Waals surface area contributed by atoms with Gasteiger partial charge in [-0.2, -0.15) is 0 Å². The number of ketones is 1.